The number of hydrogen-bond acceptors (Lipinski definition) is 4. The van der Waals surface area contributed by atoms with Gasteiger partial charge in [0, 0.05) is 6.61 Å². The first kappa shape index (κ1) is 15.7. The van der Waals surface area contributed by atoms with Gasteiger partial charge in [-0.05, 0) is 31.5 Å². The lowest BCUT2D eigenvalue weighted by molar-refractivity contribution is 0.110. The summed E-state index contributed by atoms with van der Waals surface area (Å²) >= 11 is 0. The Morgan fingerprint density at radius 3 is 2.71 bits per heavy atom. The van der Waals surface area contributed by atoms with Crippen LogP contribution in [0, 0.1) is 0 Å². The molecule has 2 rings (SSSR count). The van der Waals surface area contributed by atoms with E-state index in [0.717, 1.165) is 37.4 Å². The predicted octanol–water partition coefficient (Wildman–Crippen LogP) is 2.73. The summed E-state index contributed by atoms with van der Waals surface area (Å²) in [6.07, 6.45) is 3.92. The smallest absolute Gasteiger partial charge is 0.0838 e. The van der Waals surface area contributed by atoms with Gasteiger partial charge in [-0.1, -0.05) is 37.3 Å². The molecule has 0 bridgehead atoms. The quantitative estimate of drug-likeness (QED) is 0.721. The number of benzene rings is 1. The van der Waals surface area contributed by atoms with Gasteiger partial charge in [0.25, 0.3) is 0 Å². The third-order valence-corrected chi connectivity index (χ3v) is 3.21. The Morgan fingerprint density at radius 1 is 1.19 bits per heavy atom. The molecular weight excluding hydrogens is 264 g/mol. The number of ether oxygens (including phenoxy) is 1. The van der Waals surface area contributed by atoms with E-state index >= 15 is 0 Å². The fourth-order valence-electron chi connectivity index (χ4n) is 2.16. The Labute approximate surface area is 126 Å². The normalized spacial score (nSPS) is 12.5. The Morgan fingerprint density at radius 2 is 2.00 bits per heavy atom. The van der Waals surface area contributed by atoms with Crippen LogP contribution >= 0.6 is 0 Å². The molecule has 5 heteroatoms. The third-order valence-electron chi connectivity index (χ3n) is 3.21. The molecule has 0 aliphatic carbocycles. The SMILES string of the molecule is CCCNC(COCCC)c1cnnn1-c1ccccc1. The summed E-state index contributed by atoms with van der Waals surface area (Å²) in [7, 11) is 0. The van der Waals surface area contributed by atoms with Crippen molar-refractivity contribution in [3.8, 4) is 5.69 Å². The number of rotatable bonds is 9. The fraction of sp³-hybridized carbons (Fsp3) is 0.500. The maximum absolute atomic E-state index is 5.73. The van der Waals surface area contributed by atoms with Crippen LogP contribution in [0.25, 0.3) is 5.69 Å². The zero-order chi connectivity index (χ0) is 14.9. The van der Waals surface area contributed by atoms with Crippen LogP contribution in [0.15, 0.2) is 36.5 Å². The van der Waals surface area contributed by atoms with Gasteiger partial charge in [-0.15, -0.1) is 5.10 Å². The maximum Gasteiger partial charge on any atom is 0.0838 e. The number of aromatic nitrogens is 3. The maximum atomic E-state index is 5.73. The van der Waals surface area contributed by atoms with Crippen molar-refractivity contribution in [1.29, 1.82) is 0 Å². The zero-order valence-electron chi connectivity index (χ0n) is 12.8. The lowest BCUT2D eigenvalue weighted by Crippen LogP contribution is -2.28. The zero-order valence-corrected chi connectivity index (χ0v) is 12.8. The van der Waals surface area contributed by atoms with E-state index in [-0.39, 0.29) is 6.04 Å². The fourth-order valence-corrected chi connectivity index (χ4v) is 2.16. The standard InChI is InChI=1S/C16H24N4O/c1-3-10-17-15(13-21-11-4-2)16-12-18-19-20(16)14-8-6-5-7-9-14/h5-9,12,15,17H,3-4,10-11,13H2,1-2H3. The first-order valence-electron chi connectivity index (χ1n) is 7.64. The van der Waals surface area contributed by atoms with Crippen LogP contribution < -0.4 is 5.32 Å². The summed E-state index contributed by atoms with van der Waals surface area (Å²) in [5.41, 5.74) is 2.05. The lowest BCUT2D eigenvalue weighted by Gasteiger charge is -2.19. The summed E-state index contributed by atoms with van der Waals surface area (Å²) in [4.78, 5) is 0. The van der Waals surface area contributed by atoms with Gasteiger partial charge < -0.3 is 10.1 Å². The van der Waals surface area contributed by atoms with Crippen molar-refractivity contribution in [3.63, 3.8) is 0 Å². The summed E-state index contributed by atoms with van der Waals surface area (Å²) in [6, 6.07) is 10.2. The highest BCUT2D eigenvalue weighted by molar-refractivity contribution is 5.32. The Balaban J connectivity index is 2.17. The number of nitrogens with zero attached hydrogens (tertiary/aromatic N) is 3. The molecule has 1 aromatic heterocycles. The van der Waals surface area contributed by atoms with Crippen LogP contribution in [0.3, 0.4) is 0 Å². The van der Waals surface area contributed by atoms with Gasteiger partial charge in [0.05, 0.1) is 30.2 Å². The van der Waals surface area contributed by atoms with Gasteiger partial charge in [0.15, 0.2) is 0 Å². The van der Waals surface area contributed by atoms with Gasteiger partial charge >= 0.3 is 0 Å². The van der Waals surface area contributed by atoms with E-state index in [1.165, 1.54) is 0 Å². The number of hydrogen-bond donors (Lipinski definition) is 1. The molecule has 1 heterocycles. The summed E-state index contributed by atoms with van der Waals surface area (Å²) in [6.45, 7) is 6.62. The second kappa shape index (κ2) is 8.54. The van der Waals surface area contributed by atoms with Crippen LogP contribution in [0.1, 0.15) is 38.4 Å². The minimum Gasteiger partial charge on any atom is -0.379 e. The van der Waals surface area contributed by atoms with Crippen LogP contribution in [0.2, 0.25) is 0 Å². The van der Waals surface area contributed by atoms with E-state index in [4.69, 9.17) is 4.74 Å². The van der Waals surface area contributed by atoms with Gasteiger partial charge in [-0.25, -0.2) is 4.68 Å². The second-order valence-electron chi connectivity index (χ2n) is 4.99. The van der Waals surface area contributed by atoms with E-state index in [0.29, 0.717) is 6.61 Å². The molecule has 1 aromatic carbocycles. The van der Waals surface area contributed by atoms with E-state index in [1.807, 2.05) is 41.2 Å². The average Bonchev–Trinajstić information content (AvgIpc) is 3.01. The summed E-state index contributed by atoms with van der Waals surface area (Å²) < 4.78 is 7.60. The average molecular weight is 288 g/mol. The van der Waals surface area contributed by atoms with Gasteiger partial charge in [0.2, 0.25) is 0 Å². The highest BCUT2D eigenvalue weighted by atomic mass is 16.5. The van der Waals surface area contributed by atoms with Crippen LogP contribution in [-0.4, -0.2) is 34.8 Å². The van der Waals surface area contributed by atoms with Gasteiger partial charge in [-0.3, -0.25) is 0 Å². The monoisotopic (exact) mass is 288 g/mol. The number of nitrogens with one attached hydrogen (secondary N) is 1. The van der Waals surface area contributed by atoms with Crippen molar-refractivity contribution >= 4 is 0 Å². The molecule has 0 saturated heterocycles. The van der Waals surface area contributed by atoms with Crippen molar-refractivity contribution in [3.05, 3.63) is 42.2 Å². The molecule has 0 saturated carbocycles. The van der Waals surface area contributed by atoms with Gasteiger partial charge in [-0.2, -0.15) is 0 Å². The molecule has 0 radical (unpaired) electrons. The topological polar surface area (TPSA) is 52.0 Å². The number of para-hydroxylation sites is 1. The van der Waals surface area contributed by atoms with Crippen molar-refractivity contribution in [2.75, 3.05) is 19.8 Å². The van der Waals surface area contributed by atoms with Crippen LogP contribution in [0.4, 0.5) is 0 Å². The van der Waals surface area contributed by atoms with Crippen molar-refractivity contribution < 1.29 is 4.74 Å². The molecule has 1 atom stereocenters. The molecule has 114 valence electrons. The minimum atomic E-state index is 0.103. The lowest BCUT2D eigenvalue weighted by atomic mass is 10.2. The highest BCUT2D eigenvalue weighted by Gasteiger charge is 2.17. The van der Waals surface area contributed by atoms with Crippen molar-refractivity contribution in [1.82, 2.24) is 20.3 Å². The van der Waals surface area contributed by atoms with Gasteiger partial charge in [0.1, 0.15) is 0 Å². The summed E-state index contributed by atoms with van der Waals surface area (Å²) in [5.74, 6) is 0. The molecule has 1 unspecified atom stereocenters. The second-order valence-corrected chi connectivity index (χ2v) is 4.99. The van der Waals surface area contributed by atoms with Crippen molar-refractivity contribution in [2.45, 2.75) is 32.7 Å². The summed E-state index contributed by atoms with van der Waals surface area (Å²) in [5, 5.41) is 11.8. The van der Waals surface area contributed by atoms with Crippen LogP contribution in [0.5, 0.6) is 0 Å². The first-order valence-corrected chi connectivity index (χ1v) is 7.64. The first-order chi connectivity index (χ1) is 10.4. The molecule has 0 fully saturated rings. The molecule has 0 aliphatic rings. The minimum absolute atomic E-state index is 0.103. The molecule has 0 aliphatic heterocycles. The molecular formula is C16H24N4O. The highest BCUT2D eigenvalue weighted by Crippen LogP contribution is 2.16. The van der Waals surface area contributed by atoms with E-state index in [2.05, 4.69) is 29.5 Å². The van der Waals surface area contributed by atoms with Crippen molar-refractivity contribution in [2.24, 2.45) is 0 Å². The Hall–Kier alpha value is -1.72. The Bertz CT molecular complexity index is 512. The molecule has 5 nitrogen and oxygen atoms in total. The van der Waals surface area contributed by atoms with E-state index in [9.17, 15) is 0 Å². The molecule has 1 N–H and O–H groups in total. The molecule has 0 amide bonds. The molecule has 21 heavy (non-hydrogen) atoms. The largest absolute Gasteiger partial charge is 0.379 e. The van der Waals surface area contributed by atoms with E-state index in [1.54, 1.807) is 0 Å². The molecule has 0 spiro atoms. The molecule has 2 aromatic rings. The van der Waals surface area contributed by atoms with Crippen LogP contribution in [-0.2, 0) is 4.74 Å². The Kier molecular flexibility index (Phi) is 6.37. The van der Waals surface area contributed by atoms with E-state index < -0.39 is 0 Å². The predicted molar refractivity (Wildman–Crippen MR) is 83.5 cm³/mol. The third kappa shape index (κ3) is 4.37.